The lowest BCUT2D eigenvalue weighted by Gasteiger charge is -2.49. The van der Waals surface area contributed by atoms with Gasteiger partial charge in [-0.15, -0.1) is 0 Å². The lowest BCUT2D eigenvalue weighted by Crippen LogP contribution is -2.60. The molecule has 128 valence electrons. The summed E-state index contributed by atoms with van der Waals surface area (Å²) in [6.07, 6.45) is 4.82. The lowest BCUT2D eigenvalue weighted by molar-refractivity contribution is -0.319. The van der Waals surface area contributed by atoms with E-state index in [1.54, 1.807) is 18.2 Å². The second-order valence-corrected chi connectivity index (χ2v) is 6.93. The first-order valence-electron chi connectivity index (χ1n) is 8.16. The molecule has 0 aromatic heterocycles. The van der Waals surface area contributed by atoms with Crippen molar-refractivity contribution >= 4 is 6.41 Å². The smallest absolute Gasteiger partial charge is 0.207 e. The van der Waals surface area contributed by atoms with E-state index in [1.165, 1.54) is 12.1 Å². The Hall–Kier alpha value is -1.46. The van der Waals surface area contributed by atoms with Gasteiger partial charge in [-0.05, 0) is 25.0 Å². The summed E-state index contributed by atoms with van der Waals surface area (Å²) in [5.41, 5.74) is 0.0778. The van der Waals surface area contributed by atoms with Crippen LogP contribution in [-0.4, -0.2) is 31.5 Å². The zero-order valence-corrected chi connectivity index (χ0v) is 13.9. The molecule has 1 amide bonds. The van der Waals surface area contributed by atoms with Crippen molar-refractivity contribution in [3.8, 4) is 0 Å². The third-order valence-electron chi connectivity index (χ3n) is 4.22. The van der Waals surface area contributed by atoms with Gasteiger partial charge >= 0.3 is 0 Å². The van der Waals surface area contributed by atoms with Crippen molar-refractivity contribution in [3.05, 3.63) is 36.1 Å². The molecule has 1 unspecified atom stereocenters. The van der Waals surface area contributed by atoms with Crippen LogP contribution >= 0.6 is 0 Å². The van der Waals surface area contributed by atoms with Crippen molar-refractivity contribution in [1.82, 2.24) is 5.32 Å². The van der Waals surface area contributed by atoms with Crippen LogP contribution in [-0.2, 0) is 14.3 Å². The average Bonchev–Trinajstić information content (AvgIpc) is 2.54. The van der Waals surface area contributed by atoms with Crippen LogP contribution in [0.5, 0.6) is 0 Å². The normalized spacial score (nSPS) is 25.1. The van der Waals surface area contributed by atoms with Crippen LogP contribution in [0.3, 0.4) is 0 Å². The van der Waals surface area contributed by atoms with Gasteiger partial charge in [-0.2, -0.15) is 0 Å². The summed E-state index contributed by atoms with van der Waals surface area (Å²) in [5.74, 6) is -0.739. The van der Waals surface area contributed by atoms with Gasteiger partial charge in [0.25, 0.3) is 0 Å². The standard InChI is InChI=1S/C12H21NO3.C6H5F/c1-11(2)7-15-12(16-8-11)6-4-3-5-10(12)13-9-14;7-6-4-2-1-3-5-6/h9-10H,3-8H2,1-2H3,(H,13,14);1-5H. The number of carbonyl (C=O) groups excluding carboxylic acids is 1. The van der Waals surface area contributed by atoms with Gasteiger partial charge in [0.2, 0.25) is 6.41 Å². The van der Waals surface area contributed by atoms with E-state index in [2.05, 4.69) is 19.2 Å². The van der Waals surface area contributed by atoms with E-state index in [1.807, 2.05) is 0 Å². The highest BCUT2D eigenvalue weighted by Crippen LogP contribution is 2.39. The van der Waals surface area contributed by atoms with Crippen molar-refractivity contribution in [3.63, 3.8) is 0 Å². The number of amides is 1. The van der Waals surface area contributed by atoms with Gasteiger partial charge in [0.1, 0.15) is 5.82 Å². The molecule has 1 aliphatic carbocycles. The van der Waals surface area contributed by atoms with Crippen molar-refractivity contribution in [2.75, 3.05) is 13.2 Å². The summed E-state index contributed by atoms with van der Waals surface area (Å²) in [6, 6.07) is 7.95. The Bertz CT molecular complexity index is 482. The molecule has 1 saturated heterocycles. The van der Waals surface area contributed by atoms with Gasteiger partial charge in [0, 0.05) is 11.8 Å². The van der Waals surface area contributed by atoms with E-state index in [9.17, 15) is 9.18 Å². The molecule has 2 fully saturated rings. The van der Waals surface area contributed by atoms with Crippen LogP contribution in [0.1, 0.15) is 39.5 Å². The van der Waals surface area contributed by atoms with Crippen LogP contribution in [0.15, 0.2) is 30.3 Å². The van der Waals surface area contributed by atoms with Crippen molar-refractivity contribution in [2.24, 2.45) is 5.41 Å². The summed E-state index contributed by atoms with van der Waals surface area (Å²) >= 11 is 0. The van der Waals surface area contributed by atoms with Crippen LogP contribution < -0.4 is 5.32 Å². The largest absolute Gasteiger partial charge is 0.351 e. The van der Waals surface area contributed by atoms with Crippen LogP contribution in [0.2, 0.25) is 0 Å². The third-order valence-corrected chi connectivity index (χ3v) is 4.22. The number of hydrogen-bond donors (Lipinski definition) is 1. The van der Waals surface area contributed by atoms with E-state index in [0.717, 1.165) is 32.1 Å². The van der Waals surface area contributed by atoms with Crippen LogP contribution in [0.4, 0.5) is 4.39 Å². The third kappa shape index (κ3) is 5.01. The summed E-state index contributed by atoms with van der Waals surface area (Å²) in [5, 5.41) is 2.84. The molecule has 1 spiro atoms. The Labute approximate surface area is 137 Å². The quantitative estimate of drug-likeness (QED) is 0.850. The lowest BCUT2D eigenvalue weighted by atomic mass is 9.86. The highest BCUT2D eigenvalue weighted by atomic mass is 19.1. The van der Waals surface area contributed by atoms with E-state index in [4.69, 9.17) is 9.47 Å². The van der Waals surface area contributed by atoms with Crippen LogP contribution in [0, 0.1) is 11.2 Å². The maximum Gasteiger partial charge on any atom is 0.207 e. The Balaban J connectivity index is 0.000000229. The maximum absolute atomic E-state index is 11.9. The second-order valence-electron chi connectivity index (χ2n) is 6.93. The van der Waals surface area contributed by atoms with Crippen molar-refractivity contribution < 1.29 is 18.7 Å². The highest BCUT2D eigenvalue weighted by molar-refractivity contribution is 5.47. The Morgan fingerprint density at radius 2 is 1.83 bits per heavy atom. The predicted molar refractivity (Wildman–Crippen MR) is 86.3 cm³/mol. The van der Waals surface area contributed by atoms with E-state index >= 15 is 0 Å². The number of benzene rings is 1. The van der Waals surface area contributed by atoms with Gasteiger partial charge in [-0.25, -0.2) is 4.39 Å². The molecular formula is C18H26FNO3. The maximum atomic E-state index is 11.9. The molecule has 1 N–H and O–H groups in total. The minimum atomic E-state index is -0.561. The zero-order valence-electron chi connectivity index (χ0n) is 13.9. The number of halogens is 1. The zero-order chi connectivity index (χ0) is 16.8. The minimum Gasteiger partial charge on any atom is -0.351 e. The molecule has 1 aromatic rings. The first-order chi connectivity index (χ1) is 11.0. The number of hydrogen-bond acceptors (Lipinski definition) is 3. The monoisotopic (exact) mass is 323 g/mol. The molecule has 5 heteroatoms. The number of nitrogens with one attached hydrogen (secondary N) is 1. The highest BCUT2D eigenvalue weighted by Gasteiger charge is 2.47. The van der Waals surface area contributed by atoms with Crippen molar-refractivity contribution in [1.29, 1.82) is 0 Å². The molecule has 4 nitrogen and oxygen atoms in total. The molecule has 1 atom stereocenters. The summed E-state index contributed by atoms with van der Waals surface area (Å²) in [6.45, 7) is 5.66. The molecule has 23 heavy (non-hydrogen) atoms. The first kappa shape index (κ1) is 17.9. The predicted octanol–water partition coefficient (Wildman–Crippen LogP) is 3.27. The van der Waals surface area contributed by atoms with E-state index < -0.39 is 5.79 Å². The number of rotatable bonds is 2. The Kier molecular flexibility index (Phi) is 6.13. The summed E-state index contributed by atoms with van der Waals surface area (Å²) < 4.78 is 23.8. The fourth-order valence-electron chi connectivity index (χ4n) is 2.89. The molecule has 1 heterocycles. The second kappa shape index (κ2) is 7.88. The van der Waals surface area contributed by atoms with E-state index in [-0.39, 0.29) is 17.3 Å². The summed E-state index contributed by atoms with van der Waals surface area (Å²) in [7, 11) is 0. The number of carbonyl (C=O) groups is 1. The molecule has 0 radical (unpaired) electrons. The van der Waals surface area contributed by atoms with Crippen molar-refractivity contribution in [2.45, 2.75) is 51.4 Å². The van der Waals surface area contributed by atoms with E-state index in [0.29, 0.717) is 13.2 Å². The van der Waals surface area contributed by atoms with Gasteiger partial charge in [0.15, 0.2) is 5.79 Å². The molecule has 0 bridgehead atoms. The first-order valence-corrected chi connectivity index (χ1v) is 8.16. The van der Waals surface area contributed by atoms with Gasteiger partial charge < -0.3 is 14.8 Å². The molecule has 3 rings (SSSR count). The Morgan fingerprint density at radius 3 is 2.35 bits per heavy atom. The molecule has 2 aliphatic rings. The van der Waals surface area contributed by atoms with Gasteiger partial charge in [0.05, 0.1) is 19.3 Å². The topological polar surface area (TPSA) is 47.6 Å². The van der Waals surface area contributed by atoms with Crippen LogP contribution in [0.25, 0.3) is 0 Å². The molecule has 1 aliphatic heterocycles. The molecule has 1 aromatic carbocycles. The molecule has 1 saturated carbocycles. The number of ether oxygens (including phenoxy) is 2. The van der Waals surface area contributed by atoms with Gasteiger partial charge in [-0.3, -0.25) is 4.79 Å². The average molecular weight is 323 g/mol. The SMILES string of the molecule is CC1(C)COC2(CCCCC2NC=O)OC1.Fc1ccccc1. The Morgan fingerprint density at radius 1 is 1.17 bits per heavy atom. The molecular weight excluding hydrogens is 297 g/mol. The summed E-state index contributed by atoms with van der Waals surface area (Å²) in [4.78, 5) is 10.6. The minimum absolute atomic E-state index is 0.00912. The fourth-order valence-corrected chi connectivity index (χ4v) is 2.89. The van der Waals surface area contributed by atoms with Gasteiger partial charge in [-0.1, -0.05) is 38.5 Å². The fraction of sp³-hybridized carbons (Fsp3) is 0.611.